The van der Waals surface area contributed by atoms with Crippen molar-refractivity contribution in [2.45, 2.75) is 31.6 Å². The van der Waals surface area contributed by atoms with Crippen LogP contribution >= 0.6 is 0 Å². The van der Waals surface area contributed by atoms with Crippen molar-refractivity contribution in [1.29, 1.82) is 0 Å². The standard InChI is InChI=1S/C31H27F2N3O3.CH4O/c1-19-23-9-11-34-27(23)16-26(33)29(19)39-22-7-8-25(32)24(15-22)30-35-17-28(36-30)31(10-13-38-18-31)21-6-2-4-20(14-21)5-3-12-37;1-2/h2,4,6-9,11-12,14-17,34H,3,5,10,13,18H2,1H3,(H,35,36);2H,1H3. The lowest BCUT2D eigenvalue weighted by Gasteiger charge is -2.27. The zero-order valence-corrected chi connectivity index (χ0v) is 22.8. The Morgan fingerprint density at radius 3 is 2.76 bits per heavy atom. The van der Waals surface area contributed by atoms with Crippen molar-refractivity contribution in [3.05, 3.63) is 101 Å². The topological polar surface area (TPSA) is 100 Å². The third kappa shape index (κ3) is 5.38. The molecule has 212 valence electrons. The Balaban J connectivity index is 0.00000165. The van der Waals surface area contributed by atoms with E-state index in [-0.39, 0.29) is 11.3 Å². The molecule has 9 heteroatoms. The summed E-state index contributed by atoms with van der Waals surface area (Å²) in [6.45, 7) is 2.83. The molecule has 1 atom stereocenters. The Hall–Kier alpha value is -4.34. The van der Waals surface area contributed by atoms with E-state index in [0.717, 1.165) is 42.0 Å². The molecule has 0 aliphatic carbocycles. The van der Waals surface area contributed by atoms with Crippen molar-refractivity contribution in [3.8, 4) is 22.9 Å². The summed E-state index contributed by atoms with van der Waals surface area (Å²) in [7, 11) is 1.00. The van der Waals surface area contributed by atoms with E-state index in [2.05, 4.69) is 21.0 Å². The molecule has 3 N–H and O–H groups in total. The van der Waals surface area contributed by atoms with E-state index in [1.54, 1.807) is 19.3 Å². The van der Waals surface area contributed by atoms with Crippen molar-refractivity contribution in [2.75, 3.05) is 20.3 Å². The number of aromatic nitrogens is 3. The van der Waals surface area contributed by atoms with Gasteiger partial charge < -0.3 is 29.3 Å². The van der Waals surface area contributed by atoms with Crippen molar-refractivity contribution in [1.82, 2.24) is 15.0 Å². The molecular formula is C32H31F2N3O4. The number of H-pyrrole nitrogens is 2. The number of rotatable bonds is 8. The van der Waals surface area contributed by atoms with Gasteiger partial charge >= 0.3 is 0 Å². The van der Waals surface area contributed by atoms with Gasteiger partial charge in [0.05, 0.1) is 17.6 Å². The van der Waals surface area contributed by atoms with Crippen LogP contribution in [-0.2, 0) is 21.4 Å². The average molecular weight is 560 g/mol. The van der Waals surface area contributed by atoms with E-state index in [0.29, 0.717) is 48.7 Å². The highest BCUT2D eigenvalue weighted by atomic mass is 19.1. The van der Waals surface area contributed by atoms with Gasteiger partial charge in [-0.3, -0.25) is 0 Å². The van der Waals surface area contributed by atoms with Gasteiger partial charge in [-0.1, -0.05) is 24.3 Å². The molecule has 1 aliphatic heterocycles. The number of aromatic amines is 2. The highest BCUT2D eigenvalue weighted by molar-refractivity contribution is 5.85. The second kappa shape index (κ2) is 12.0. The molecule has 0 bridgehead atoms. The summed E-state index contributed by atoms with van der Waals surface area (Å²) in [4.78, 5) is 21.7. The number of nitrogens with one attached hydrogen (secondary N) is 2. The third-order valence-electron chi connectivity index (χ3n) is 7.57. The number of aliphatic hydroxyl groups is 1. The summed E-state index contributed by atoms with van der Waals surface area (Å²) in [5, 5.41) is 7.85. The largest absolute Gasteiger partial charge is 0.454 e. The number of hydrogen-bond donors (Lipinski definition) is 3. The molecule has 7 nitrogen and oxygen atoms in total. The van der Waals surface area contributed by atoms with Crippen LogP contribution in [0.4, 0.5) is 8.78 Å². The van der Waals surface area contributed by atoms with E-state index in [1.807, 2.05) is 24.3 Å². The molecule has 3 aromatic carbocycles. The maximum atomic E-state index is 15.0. The molecule has 3 heterocycles. The fourth-order valence-corrected chi connectivity index (χ4v) is 5.43. The molecule has 0 radical (unpaired) electrons. The molecule has 1 fully saturated rings. The zero-order valence-electron chi connectivity index (χ0n) is 22.8. The van der Waals surface area contributed by atoms with E-state index in [4.69, 9.17) is 14.6 Å². The number of ether oxygens (including phenoxy) is 2. The van der Waals surface area contributed by atoms with Crippen LogP contribution in [0.15, 0.2) is 67.0 Å². The maximum Gasteiger partial charge on any atom is 0.168 e. The number of benzene rings is 3. The Bertz CT molecular complexity index is 1670. The van der Waals surface area contributed by atoms with Crippen LogP contribution in [0.3, 0.4) is 0 Å². The van der Waals surface area contributed by atoms with Crippen molar-refractivity contribution >= 4 is 17.2 Å². The number of aryl methyl sites for hydroxylation is 2. The van der Waals surface area contributed by atoms with Crippen LogP contribution in [0.2, 0.25) is 0 Å². The number of carbonyl (C=O) groups is 1. The smallest absolute Gasteiger partial charge is 0.168 e. The fourth-order valence-electron chi connectivity index (χ4n) is 5.43. The number of aliphatic hydroxyl groups excluding tert-OH is 1. The van der Waals surface area contributed by atoms with Gasteiger partial charge in [0.15, 0.2) is 11.6 Å². The van der Waals surface area contributed by atoms with Crippen LogP contribution in [-0.4, -0.2) is 46.7 Å². The molecule has 5 aromatic rings. The van der Waals surface area contributed by atoms with E-state index in [1.165, 1.54) is 24.3 Å². The number of carbonyl (C=O) groups excluding carboxylic acids is 1. The van der Waals surface area contributed by atoms with Crippen LogP contribution in [0.25, 0.3) is 22.3 Å². The first-order valence-corrected chi connectivity index (χ1v) is 13.3. The van der Waals surface area contributed by atoms with Gasteiger partial charge in [0, 0.05) is 60.8 Å². The van der Waals surface area contributed by atoms with Crippen LogP contribution in [0, 0.1) is 18.6 Å². The lowest BCUT2D eigenvalue weighted by molar-refractivity contribution is -0.107. The molecule has 6 rings (SSSR count). The average Bonchev–Trinajstić information content (AvgIpc) is 3.78. The number of fused-ring (bicyclic) bond motifs is 1. The first-order chi connectivity index (χ1) is 20.0. The number of hydrogen-bond acceptors (Lipinski definition) is 5. The summed E-state index contributed by atoms with van der Waals surface area (Å²) in [6.07, 6.45) is 6.24. The first-order valence-electron chi connectivity index (χ1n) is 13.3. The van der Waals surface area contributed by atoms with E-state index >= 15 is 4.39 Å². The van der Waals surface area contributed by atoms with E-state index < -0.39 is 17.0 Å². The monoisotopic (exact) mass is 559 g/mol. The lowest BCUT2D eigenvalue weighted by atomic mass is 9.76. The summed E-state index contributed by atoms with van der Waals surface area (Å²) < 4.78 is 41.7. The molecule has 0 spiro atoms. The minimum absolute atomic E-state index is 0.0938. The van der Waals surface area contributed by atoms with Crippen molar-refractivity contribution in [2.24, 2.45) is 0 Å². The number of halogens is 2. The van der Waals surface area contributed by atoms with Crippen LogP contribution < -0.4 is 4.74 Å². The summed E-state index contributed by atoms with van der Waals surface area (Å²) in [5.41, 5.74) is 4.01. The molecule has 0 amide bonds. The lowest BCUT2D eigenvalue weighted by Crippen LogP contribution is -2.28. The molecule has 0 saturated carbocycles. The fraction of sp³-hybridized carbons (Fsp3) is 0.250. The van der Waals surface area contributed by atoms with Crippen molar-refractivity contribution in [3.63, 3.8) is 0 Å². The predicted molar refractivity (Wildman–Crippen MR) is 152 cm³/mol. The molecular weight excluding hydrogens is 528 g/mol. The molecule has 2 aromatic heterocycles. The second-order valence-electron chi connectivity index (χ2n) is 9.93. The predicted octanol–water partition coefficient (Wildman–Crippen LogP) is 6.38. The minimum Gasteiger partial charge on any atom is -0.454 e. The van der Waals surface area contributed by atoms with Crippen molar-refractivity contribution < 1.29 is 28.2 Å². The van der Waals surface area contributed by atoms with Gasteiger partial charge in [-0.2, -0.15) is 0 Å². The van der Waals surface area contributed by atoms with E-state index in [9.17, 15) is 9.18 Å². The summed E-state index contributed by atoms with van der Waals surface area (Å²) >= 11 is 0. The Morgan fingerprint density at radius 2 is 1.98 bits per heavy atom. The highest BCUT2D eigenvalue weighted by Gasteiger charge is 2.40. The molecule has 1 aliphatic rings. The molecule has 41 heavy (non-hydrogen) atoms. The molecule has 1 saturated heterocycles. The SMILES string of the molecule is CO.Cc1c(Oc2ccc(F)c(-c3ncc(C4(c5cccc(CCC=O)c5)CCOC4)[nH]3)c2)c(F)cc2[nH]ccc12. The van der Waals surface area contributed by atoms with Gasteiger partial charge in [0.25, 0.3) is 0 Å². The van der Waals surface area contributed by atoms with Gasteiger partial charge in [-0.25, -0.2) is 13.8 Å². The second-order valence-corrected chi connectivity index (χ2v) is 9.93. The summed E-state index contributed by atoms with van der Waals surface area (Å²) in [6, 6.07) is 15.7. The zero-order chi connectivity index (χ0) is 29.0. The normalized spacial score (nSPS) is 16.4. The number of nitrogens with zero attached hydrogens (tertiary/aromatic N) is 1. The van der Waals surface area contributed by atoms with Gasteiger partial charge in [0.2, 0.25) is 0 Å². The maximum absolute atomic E-state index is 15.0. The number of aldehydes is 1. The third-order valence-corrected chi connectivity index (χ3v) is 7.57. The van der Waals surface area contributed by atoms with Crippen LogP contribution in [0.5, 0.6) is 11.5 Å². The van der Waals surface area contributed by atoms with Gasteiger partial charge in [-0.05, 0) is 55.2 Å². The van der Waals surface area contributed by atoms with Gasteiger partial charge in [0.1, 0.15) is 23.7 Å². The first kappa shape index (κ1) is 28.2. The Labute approximate surface area is 236 Å². The summed E-state index contributed by atoms with van der Waals surface area (Å²) in [5.74, 6) is -0.254. The molecule has 1 unspecified atom stereocenters. The van der Waals surface area contributed by atoms with Gasteiger partial charge in [-0.15, -0.1) is 0 Å². The van der Waals surface area contributed by atoms with Crippen LogP contribution in [0.1, 0.15) is 35.2 Å². The number of imidazole rings is 1. The Morgan fingerprint density at radius 1 is 1.12 bits per heavy atom. The highest BCUT2D eigenvalue weighted by Crippen LogP contribution is 2.41. The minimum atomic E-state index is -0.507. The quantitative estimate of drug-likeness (QED) is 0.192. The Kier molecular flexibility index (Phi) is 8.28.